The Labute approximate surface area is 88.0 Å². The third kappa shape index (κ3) is 2.76. The van der Waals surface area contributed by atoms with Crippen LogP contribution < -0.4 is 5.32 Å². The molecule has 0 unspecified atom stereocenters. The SMILES string of the molecule is O=C(NCCN1CCCC1)c1cn[nH]n1. The summed E-state index contributed by atoms with van der Waals surface area (Å²) in [4.78, 5) is 13.8. The zero-order chi connectivity index (χ0) is 10.5. The molecule has 6 nitrogen and oxygen atoms in total. The third-order valence-corrected chi connectivity index (χ3v) is 2.56. The lowest BCUT2D eigenvalue weighted by atomic mass is 10.4. The predicted octanol–water partition coefficient (Wildman–Crippen LogP) is -0.370. The number of nitrogens with zero attached hydrogens (tertiary/aromatic N) is 3. The maximum Gasteiger partial charge on any atom is 0.273 e. The Morgan fingerprint density at radius 1 is 1.53 bits per heavy atom. The highest BCUT2D eigenvalue weighted by Crippen LogP contribution is 2.05. The average Bonchev–Trinajstić information content (AvgIpc) is 2.90. The van der Waals surface area contributed by atoms with Gasteiger partial charge in [0.2, 0.25) is 0 Å². The minimum atomic E-state index is -0.164. The first-order valence-corrected chi connectivity index (χ1v) is 5.22. The quantitative estimate of drug-likeness (QED) is 0.709. The van der Waals surface area contributed by atoms with Crippen LogP contribution in [0.5, 0.6) is 0 Å². The topological polar surface area (TPSA) is 73.9 Å². The van der Waals surface area contributed by atoms with E-state index < -0.39 is 0 Å². The Morgan fingerprint density at radius 2 is 2.33 bits per heavy atom. The van der Waals surface area contributed by atoms with Gasteiger partial charge in [-0.15, -0.1) is 0 Å². The highest BCUT2D eigenvalue weighted by molar-refractivity contribution is 5.91. The normalized spacial score (nSPS) is 16.8. The van der Waals surface area contributed by atoms with Crippen molar-refractivity contribution in [2.75, 3.05) is 26.2 Å². The smallest absolute Gasteiger partial charge is 0.273 e. The number of hydrogen-bond donors (Lipinski definition) is 2. The fourth-order valence-corrected chi connectivity index (χ4v) is 1.74. The van der Waals surface area contributed by atoms with Crippen LogP contribution in [0.25, 0.3) is 0 Å². The molecule has 0 spiro atoms. The molecule has 1 aliphatic heterocycles. The molecule has 0 aromatic carbocycles. The van der Waals surface area contributed by atoms with Crippen LogP contribution in [0, 0.1) is 0 Å². The standard InChI is InChI=1S/C9H15N5O/c15-9(8-7-11-13-12-8)10-3-6-14-4-1-2-5-14/h7H,1-6H2,(H,10,15)(H,11,12,13). The summed E-state index contributed by atoms with van der Waals surface area (Å²) in [5, 5.41) is 12.5. The molecule has 82 valence electrons. The summed E-state index contributed by atoms with van der Waals surface area (Å²) in [6, 6.07) is 0. The van der Waals surface area contributed by atoms with E-state index in [4.69, 9.17) is 0 Å². The minimum Gasteiger partial charge on any atom is -0.349 e. The van der Waals surface area contributed by atoms with E-state index in [2.05, 4.69) is 25.6 Å². The molecule has 1 aromatic rings. The summed E-state index contributed by atoms with van der Waals surface area (Å²) in [6.45, 7) is 3.90. The molecule has 0 atom stereocenters. The molecule has 15 heavy (non-hydrogen) atoms. The van der Waals surface area contributed by atoms with E-state index in [9.17, 15) is 4.79 Å². The molecule has 0 radical (unpaired) electrons. The van der Waals surface area contributed by atoms with Gasteiger partial charge in [0.25, 0.3) is 5.91 Å². The Morgan fingerprint density at radius 3 is 3.00 bits per heavy atom. The second kappa shape index (κ2) is 4.88. The van der Waals surface area contributed by atoms with Crippen LogP contribution >= 0.6 is 0 Å². The van der Waals surface area contributed by atoms with E-state index in [0.29, 0.717) is 12.2 Å². The molecule has 1 aliphatic rings. The number of likely N-dealkylation sites (tertiary alicyclic amines) is 1. The molecular formula is C9H15N5O. The number of hydrogen-bond acceptors (Lipinski definition) is 4. The molecule has 0 bridgehead atoms. The van der Waals surface area contributed by atoms with Crippen molar-refractivity contribution in [3.63, 3.8) is 0 Å². The van der Waals surface area contributed by atoms with Crippen molar-refractivity contribution in [3.8, 4) is 0 Å². The van der Waals surface area contributed by atoms with E-state index in [1.54, 1.807) is 0 Å². The van der Waals surface area contributed by atoms with Crippen molar-refractivity contribution in [2.24, 2.45) is 0 Å². The Hall–Kier alpha value is -1.43. The van der Waals surface area contributed by atoms with Crippen LogP contribution in [-0.4, -0.2) is 52.4 Å². The fraction of sp³-hybridized carbons (Fsp3) is 0.667. The molecule has 6 heteroatoms. The Balaban J connectivity index is 1.67. The molecule has 2 heterocycles. The number of nitrogens with one attached hydrogen (secondary N) is 2. The number of amides is 1. The molecular weight excluding hydrogens is 194 g/mol. The predicted molar refractivity (Wildman–Crippen MR) is 54.4 cm³/mol. The first-order valence-electron chi connectivity index (χ1n) is 5.22. The zero-order valence-electron chi connectivity index (χ0n) is 8.57. The summed E-state index contributed by atoms with van der Waals surface area (Å²) < 4.78 is 0. The van der Waals surface area contributed by atoms with Gasteiger partial charge in [-0.25, -0.2) is 0 Å². The third-order valence-electron chi connectivity index (χ3n) is 2.56. The maximum atomic E-state index is 11.4. The van der Waals surface area contributed by atoms with Gasteiger partial charge >= 0.3 is 0 Å². The van der Waals surface area contributed by atoms with Crippen molar-refractivity contribution in [1.82, 2.24) is 25.6 Å². The van der Waals surface area contributed by atoms with Gasteiger partial charge in [0.1, 0.15) is 0 Å². The number of carbonyl (C=O) groups excluding carboxylic acids is 1. The van der Waals surface area contributed by atoms with Gasteiger partial charge in [-0.05, 0) is 25.9 Å². The molecule has 2 N–H and O–H groups in total. The summed E-state index contributed by atoms with van der Waals surface area (Å²) in [5.41, 5.74) is 0.344. The van der Waals surface area contributed by atoms with Crippen molar-refractivity contribution < 1.29 is 4.79 Å². The highest BCUT2D eigenvalue weighted by atomic mass is 16.1. The van der Waals surface area contributed by atoms with E-state index in [1.165, 1.54) is 19.0 Å². The van der Waals surface area contributed by atoms with Crippen LogP contribution in [-0.2, 0) is 0 Å². The Kier molecular flexibility index (Phi) is 3.29. The van der Waals surface area contributed by atoms with Gasteiger partial charge < -0.3 is 10.2 Å². The summed E-state index contributed by atoms with van der Waals surface area (Å²) >= 11 is 0. The van der Waals surface area contributed by atoms with Crippen molar-refractivity contribution in [1.29, 1.82) is 0 Å². The molecule has 0 aliphatic carbocycles. The monoisotopic (exact) mass is 209 g/mol. The second-order valence-electron chi connectivity index (χ2n) is 3.66. The molecule has 2 rings (SSSR count). The van der Waals surface area contributed by atoms with Gasteiger partial charge in [0.15, 0.2) is 5.69 Å². The van der Waals surface area contributed by atoms with E-state index in [0.717, 1.165) is 19.6 Å². The minimum absolute atomic E-state index is 0.164. The second-order valence-corrected chi connectivity index (χ2v) is 3.66. The first kappa shape index (κ1) is 10.1. The molecule has 0 saturated carbocycles. The van der Waals surface area contributed by atoms with Crippen LogP contribution in [0.2, 0.25) is 0 Å². The fourth-order valence-electron chi connectivity index (χ4n) is 1.74. The lowest BCUT2D eigenvalue weighted by Crippen LogP contribution is -2.33. The number of aromatic amines is 1. The van der Waals surface area contributed by atoms with Gasteiger partial charge in [-0.1, -0.05) is 0 Å². The Bertz CT molecular complexity index is 304. The lowest BCUT2D eigenvalue weighted by molar-refractivity contribution is 0.0944. The average molecular weight is 209 g/mol. The first-order chi connectivity index (χ1) is 7.36. The van der Waals surface area contributed by atoms with Crippen LogP contribution in [0.15, 0.2) is 6.20 Å². The van der Waals surface area contributed by atoms with E-state index >= 15 is 0 Å². The van der Waals surface area contributed by atoms with Crippen LogP contribution in [0.1, 0.15) is 23.3 Å². The number of rotatable bonds is 4. The van der Waals surface area contributed by atoms with Crippen molar-refractivity contribution in [2.45, 2.75) is 12.8 Å². The van der Waals surface area contributed by atoms with Crippen LogP contribution in [0.3, 0.4) is 0 Å². The summed E-state index contributed by atoms with van der Waals surface area (Å²) in [7, 11) is 0. The molecule has 1 amide bonds. The molecule has 1 fully saturated rings. The van der Waals surface area contributed by atoms with E-state index in [-0.39, 0.29) is 5.91 Å². The van der Waals surface area contributed by atoms with Gasteiger partial charge in [0, 0.05) is 13.1 Å². The summed E-state index contributed by atoms with van der Waals surface area (Å²) in [6.07, 6.45) is 3.97. The maximum absolute atomic E-state index is 11.4. The number of H-pyrrole nitrogens is 1. The number of carbonyl (C=O) groups is 1. The molecule has 1 saturated heterocycles. The van der Waals surface area contributed by atoms with Crippen molar-refractivity contribution in [3.05, 3.63) is 11.9 Å². The van der Waals surface area contributed by atoms with Crippen molar-refractivity contribution >= 4 is 5.91 Å². The molecule has 1 aromatic heterocycles. The summed E-state index contributed by atoms with van der Waals surface area (Å²) in [5.74, 6) is -0.164. The van der Waals surface area contributed by atoms with Crippen LogP contribution in [0.4, 0.5) is 0 Å². The lowest BCUT2D eigenvalue weighted by Gasteiger charge is -2.14. The van der Waals surface area contributed by atoms with Gasteiger partial charge in [-0.3, -0.25) is 4.79 Å². The van der Waals surface area contributed by atoms with E-state index in [1.807, 2.05) is 0 Å². The number of aromatic nitrogens is 3. The van der Waals surface area contributed by atoms with Gasteiger partial charge in [-0.2, -0.15) is 15.4 Å². The largest absolute Gasteiger partial charge is 0.349 e. The van der Waals surface area contributed by atoms with Gasteiger partial charge in [0.05, 0.1) is 6.20 Å². The zero-order valence-corrected chi connectivity index (χ0v) is 8.57. The highest BCUT2D eigenvalue weighted by Gasteiger charge is 2.12.